The number of thioether (sulfide) groups is 1. The van der Waals surface area contributed by atoms with Crippen molar-refractivity contribution in [1.82, 2.24) is 5.32 Å². The second-order valence-electron chi connectivity index (χ2n) is 19.4. The molecule has 0 radical (unpaired) electrons. The van der Waals surface area contributed by atoms with Gasteiger partial charge in [0.05, 0.1) is 54.1 Å². The number of nitrogens with zero attached hydrogens (tertiary/aromatic N) is 2. The molecular weight excluding hydrogens is 1110 g/mol. The first-order chi connectivity index (χ1) is 33.3. The van der Waals surface area contributed by atoms with Gasteiger partial charge in [-0.2, -0.15) is 16.3 Å². The number of ether oxygens (including phenoxy) is 1. The van der Waals surface area contributed by atoms with Crippen LogP contribution in [0.1, 0.15) is 77.3 Å². The van der Waals surface area contributed by atoms with Crippen LogP contribution in [0.5, 0.6) is 0 Å². The predicted molar refractivity (Wildman–Crippen MR) is 260 cm³/mol. The van der Waals surface area contributed by atoms with Gasteiger partial charge in [-0.25, -0.2) is 33.7 Å². The van der Waals surface area contributed by atoms with Crippen LogP contribution in [0.15, 0.2) is 81.8 Å². The van der Waals surface area contributed by atoms with Crippen LogP contribution < -0.4 is 98.9 Å². The quantitative estimate of drug-likeness (QED) is 0.0467. The predicted octanol–water partition coefficient (Wildman–Crippen LogP) is -7.63. The van der Waals surface area contributed by atoms with E-state index in [1.807, 2.05) is 52.0 Å². The molecule has 6 rings (SSSR count). The van der Waals surface area contributed by atoms with Crippen molar-refractivity contribution in [3.05, 3.63) is 83.1 Å². The van der Waals surface area contributed by atoms with Gasteiger partial charge in [-0.15, -0.1) is 0 Å². The molecule has 21 nitrogen and oxygen atoms in total. The summed E-state index contributed by atoms with van der Waals surface area (Å²) in [6.07, 6.45) is 3.41. The topological polar surface area (TPSA) is 354 Å². The van der Waals surface area contributed by atoms with Gasteiger partial charge >= 0.3 is 88.7 Å². The van der Waals surface area contributed by atoms with E-state index in [1.165, 1.54) is 48.2 Å². The van der Waals surface area contributed by atoms with E-state index < -0.39 is 116 Å². The van der Waals surface area contributed by atoms with Gasteiger partial charge in [0.2, 0.25) is 11.6 Å². The second kappa shape index (κ2) is 27.4. The summed E-state index contributed by atoms with van der Waals surface area (Å²) in [7, 11) is -18.9. The number of carbonyl (C=O) groups excluding carboxylic acids is 1. The number of fused-ring (bicyclic) bond motifs is 2. The number of rotatable bonds is 20. The summed E-state index contributed by atoms with van der Waals surface area (Å²) < 4.78 is 150. The van der Waals surface area contributed by atoms with E-state index in [9.17, 15) is 77.1 Å². The average Bonchev–Trinajstić information content (AvgIpc) is 3.62. The maximum absolute atomic E-state index is 13.3. The van der Waals surface area contributed by atoms with Crippen molar-refractivity contribution >= 4 is 75.2 Å². The molecule has 1 amide bonds. The van der Waals surface area contributed by atoms with E-state index in [0.29, 0.717) is 53.2 Å². The number of nitrogens with one attached hydrogen (secondary N) is 1. The normalized spacial score (nSPS) is 25.6. The third-order valence-corrected chi connectivity index (χ3v) is 18.5. The van der Waals surface area contributed by atoms with Crippen LogP contribution >= 0.6 is 11.8 Å². The Kier molecular flexibility index (Phi) is 25.1. The molecule has 2 aromatic carbocycles. The molecule has 0 aromatic heterocycles. The van der Waals surface area contributed by atoms with Crippen LogP contribution in [0.3, 0.4) is 0 Å². The van der Waals surface area contributed by atoms with Crippen molar-refractivity contribution in [2.24, 2.45) is 11.8 Å². The minimum Gasteiger partial charge on any atom is -0.748 e. The smallest absolute Gasteiger partial charge is 0.748 e. The summed E-state index contributed by atoms with van der Waals surface area (Å²) in [6, 6.07) is 7.84. The molecule has 2 fully saturated rings. The van der Waals surface area contributed by atoms with Crippen molar-refractivity contribution in [2.45, 2.75) is 117 Å². The Morgan fingerprint density at radius 3 is 2.04 bits per heavy atom. The van der Waals surface area contributed by atoms with E-state index >= 15 is 0 Å². The Morgan fingerprint density at radius 1 is 0.840 bits per heavy atom. The van der Waals surface area contributed by atoms with Crippen molar-refractivity contribution < 1.29 is 175 Å². The minimum atomic E-state index is -4.86. The monoisotopic (exact) mass is 1170 g/mol. The molecule has 1 saturated heterocycles. The van der Waals surface area contributed by atoms with Gasteiger partial charge in [-0.05, 0) is 87.4 Å². The number of amides is 1. The van der Waals surface area contributed by atoms with Crippen molar-refractivity contribution in [2.75, 3.05) is 48.4 Å². The first-order valence-electron chi connectivity index (χ1n) is 23.1. The van der Waals surface area contributed by atoms with Crippen LogP contribution in [0.25, 0.3) is 0 Å². The molecule has 1 aliphatic carbocycles. The molecule has 75 heavy (non-hydrogen) atoms. The van der Waals surface area contributed by atoms with Crippen LogP contribution in [-0.2, 0) is 60.8 Å². The standard InChI is InChI=1S/C46H63N3O18S5.3Na/c1-45(2)33-24-30(71(61,62)63)12-14-35(33)48(19-6-22-69(55,56)57)38(45)16-10-28-8-5-9-29(43(28)68-21-18-40(51)47-26-32-41(52)42(53)37(27-50)67-44(32)54)11-17-39-46(3,4)34-25-31(72(64,65)66)13-15-36(34)49(39)20-7-23-70(58,59)60;;;/h10-17,24-25,28,32,37,41-44,50,52-54H,5-9,18-23,26-27H2,1-4H3,(H4-,47,51,55,56,57,58,59,60,61,62,63,64,65,66);;;/q;3*+1/p-3/b16-10+,29-11+,39-17+;;;. The number of allylic oxidation sites excluding steroid dienone is 5. The van der Waals surface area contributed by atoms with Gasteiger partial charge in [0.25, 0.3) is 0 Å². The molecule has 4 aliphatic rings. The number of benzene rings is 2. The summed E-state index contributed by atoms with van der Waals surface area (Å²) in [4.78, 5) is 14.2. The van der Waals surface area contributed by atoms with Gasteiger partial charge in [0.15, 0.2) is 12.0 Å². The Bertz CT molecular complexity index is 2990. The van der Waals surface area contributed by atoms with Crippen LogP contribution in [0, 0.1) is 11.8 Å². The SMILES string of the molecule is CC1(C)C(/C=C/C2CCC/C(=C\C=C3\N(CCCS(=O)(=O)[O-])c4ccc(S(=O)(=O)[O-])cc4C3(C)C)C2SCCC(=O)NCC2C(O)OC(CO)C(O)C2O)=[N+](CCCS(=O)(=O)[O-])c2ccc(S(=O)(=O)[O-])cc21.[Na+].[Na+].[Na+]. The van der Waals surface area contributed by atoms with E-state index in [4.69, 9.17) is 4.74 Å². The number of aliphatic hydroxyl groups excluding tert-OH is 4. The van der Waals surface area contributed by atoms with E-state index in [0.717, 1.165) is 5.57 Å². The van der Waals surface area contributed by atoms with E-state index in [-0.39, 0.29) is 144 Å². The summed E-state index contributed by atoms with van der Waals surface area (Å²) >= 11 is 1.45. The van der Waals surface area contributed by atoms with Gasteiger partial charge in [0, 0.05) is 82.9 Å². The largest absolute Gasteiger partial charge is 1.00 e. The minimum absolute atomic E-state index is 0. The molecule has 2 aromatic rings. The fraction of sp³-hybridized carbons (Fsp3) is 0.565. The molecule has 0 bridgehead atoms. The first-order valence-corrected chi connectivity index (χ1v) is 30.2. The molecular formula is C46H60N3Na3O18S5. The third kappa shape index (κ3) is 17.0. The van der Waals surface area contributed by atoms with Crippen molar-refractivity contribution in [1.29, 1.82) is 0 Å². The number of hydrogen-bond acceptors (Lipinski definition) is 20. The van der Waals surface area contributed by atoms with Crippen molar-refractivity contribution in [3.63, 3.8) is 0 Å². The zero-order valence-corrected chi connectivity index (χ0v) is 53.0. The summed E-state index contributed by atoms with van der Waals surface area (Å²) in [6.45, 7) is 6.45. The molecule has 3 heterocycles. The van der Waals surface area contributed by atoms with Gasteiger partial charge in [-0.1, -0.05) is 31.6 Å². The zero-order valence-electron chi connectivity index (χ0n) is 42.9. The molecule has 29 heteroatoms. The average molecular weight is 1170 g/mol. The van der Waals surface area contributed by atoms with E-state index in [1.54, 1.807) is 9.48 Å². The second-order valence-corrected chi connectivity index (χ2v) is 26.4. The number of carbonyl (C=O) groups is 1. The molecule has 7 unspecified atom stereocenters. The van der Waals surface area contributed by atoms with Crippen LogP contribution in [-0.4, -0.2) is 162 Å². The summed E-state index contributed by atoms with van der Waals surface area (Å²) in [5.74, 6) is -2.91. The van der Waals surface area contributed by atoms with Gasteiger partial charge < -0.3 is 53.6 Å². The maximum Gasteiger partial charge on any atom is 1.00 e. The number of anilines is 1. The first kappa shape index (κ1) is 68.7. The molecule has 7 atom stereocenters. The third-order valence-electron chi connectivity index (χ3n) is 13.8. The Hall–Kier alpha value is -0.610. The van der Waals surface area contributed by atoms with Gasteiger partial charge in [0.1, 0.15) is 39.0 Å². The maximum atomic E-state index is 13.3. The Balaban J connectivity index is 0.00000494. The fourth-order valence-electron chi connectivity index (χ4n) is 9.99. The number of hydrogen-bond donors (Lipinski definition) is 5. The van der Waals surface area contributed by atoms with Crippen LogP contribution in [0.2, 0.25) is 0 Å². The van der Waals surface area contributed by atoms with E-state index in [2.05, 4.69) is 5.32 Å². The molecule has 5 N–H and O–H groups in total. The van der Waals surface area contributed by atoms with Gasteiger partial charge in [-0.3, -0.25) is 4.79 Å². The fourth-order valence-corrected chi connectivity index (χ4v) is 13.4. The Labute approximate surface area is 510 Å². The summed E-state index contributed by atoms with van der Waals surface area (Å²) in [5.41, 5.74) is 2.24. The zero-order chi connectivity index (χ0) is 53.4. The molecule has 3 aliphatic heterocycles. The molecule has 400 valence electrons. The van der Waals surface area contributed by atoms with Crippen LogP contribution in [0.4, 0.5) is 11.4 Å². The van der Waals surface area contributed by atoms with Crippen molar-refractivity contribution in [3.8, 4) is 0 Å². The number of aliphatic hydroxyl groups is 4. The Morgan fingerprint density at radius 2 is 1.44 bits per heavy atom. The molecule has 0 spiro atoms. The molecule has 1 saturated carbocycles. The summed E-state index contributed by atoms with van der Waals surface area (Å²) in [5, 5.41) is 43.1.